The molecule has 0 spiro atoms. The van der Waals surface area contributed by atoms with Crippen LogP contribution in [-0.4, -0.2) is 51.9 Å². The molecule has 0 aliphatic carbocycles. The molecule has 0 unspecified atom stereocenters. The third-order valence-electron chi connectivity index (χ3n) is 5.47. The van der Waals surface area contributed by atoms with E-state index < -0.39 is 0 Å². The van der Waals surface area contributed by atoms with Crippen molar-refractivity contribution in [1.82, 2.24) is 14.4 Å². The lowest BCUT2D eigenvalue weighted by atomic mass is 10.1. The summed E-state index contributed by atoms with van der Waals surface area (Å²) in [7, 11) is 0. The maximum Gasteiger partial charge on any atom is 0.270 e. The summed E-state index contributed by atoms with van der Waals surface area (Å²) in [6.07, 6.45) is 0.411. The number of thiophene rings is 1. The van der Waals surface area contributed by atoms with Crippen LogP contribution in [0.4, 0.5) is 0 Å². The van der Waals surface area contributed by atoms with Crippen molar-refractivity contribution in [3.05, 3.63) is 59.1 Å². The van der Waals surface area contributed by atoms with Crippen LogP contribution in [0.25, 0.3) is 10.2 Å². The first-order valence-corrected chi connectivity index (χ1v) is 10.7. The maximum atomic E-state index is 13.2. The fourth-order valence-electron chi connectivity index (χ4n) is 4.01. The van der Waals surface area contributed by atoms with Gasteiger partial charge in [0.05, 0.1) is 6.42 Å². The quantitative estimate of drug-likeness (QED) is 0.677. The Labute approximate surface area is 169 Å². The van der Waals surface area contributed by atoms with Crippen LogP contribution < -0.4 is 0 Å². The van der Waals surface area contributed by atoms with Gasteiger partial charge in [-0.15, -0.1) is 11.3 Å². The van der Waals surface area contributed by atoms with E-state index in [0.717, 1.165) is 28.0 Å². The molecule has 3 aromatic rings. The highest BCUT2D eigenvalue weighted by atomic mass is 32.1. The summed E-state index contributed by atoms with van der Waals surface area (Å²) in [4.78, 5) is 30.8. The molecule has 6 heteroatoms. The van der Waals surface area contributed by atoms with Crippen molar-refractivity contribution in [1.29, 1.82) is 0 Å². The molecule has 1 aliphatic heterocycles. The summed E-state index contributed by atoms with van der Waals surface area (Å²) in [6, 6.07) is 13.9. The Hall–Kier alpha value is -2.60. The molecule has 3 heterocycles. The Kier molecular flexibility index (Phi) is 5.22. The Morgan fingerprint density at radius 1 is 1.14 bits per heavy atom. The number of carbonyl (C=O) groups is 2. The number of aromatic nitrogens is 1. The van der Waals surface area contributed by atoms with Crippen molar-refractivity contribution in [3.8, 4) is 0 Å². The molecule has 146 valence electrons. The molecule has 1 aliphatic rings. The van der Waals surface area contributed by atoms with Gasteiger partial charge in [0, 0.05) is 37.6 Å². The summed E-state index contributed by atoms with van der Waals surface area (Å²) in [5.74, 6) is 0.190. The van der Waals surface area contributed by atoms with Gasteiger partial charge in [0.15, 0.2) is 0 Å². The van der Waals surface area contributed by atoms with E-state index in [0.29, 0.717) is 26.1 Å². The van der Waals surface area contributed by atoms with E-state index in [9.17, 15) is 9.59 Å². The zero-order valence-electron chi connectivity index (χ0n) is 16.3. The molecule has 28 heavy (non-hydrogen) atoms. The zero-order chi connectivity index (χ0) is 19.7. The SMILES string of the molecule is CCn1c(C(=O)N2CCN(C(=O)Cc3ccccc3)[C@H](C)C2)cc2ccsc21. The van der Waals surface area contributed by atoms with Gasteiger partial charge >= 0.3 is 0 Å². The van der Waals surface area contributed by atoms with E-state index >= 15 is 0 Å². The molecule has 0 saturated carbocycles. The Bertz CT molecular complexity index is 992. The van der Waals surface area contributed by atoms with Crippen LogP contribution in [0.1, 0.15) is 29.9 Å². The molecule has 2 amide bonds. The van der Waals surface area contributed by atoms with Gasteiger partial charge in [-0.3, -0.25) is 9.59 Å². The summed E-state index contributed by atoms with van der Waals surface area (Å²) < 4.78 is 2.10. The molecule has 1 saturated heterocycles. The third kappa shape index (κ3) is 3.44. The number of piperazine rings is 1. The lowest BCUT2D eigenvalue weighted by Gasteiger charge is -2.40. The van der Waals surface area contributed by atoms with Gasteiger partial charge in [-0.05, 0) is 36.9 Å². The zero-order valence-corrected chi connectivity index (χ0v) is 17.1. The highest BCUT2D eigenvalue weighted by molar-refractivity contribution is 7.16. The Morgan fingerprint density at radius 2 is 1.93 bits per heavy atom. The van der Waals surface area contributed by atoms with Crippen molar-refractivity contribution >= 4 is 33.4 Å². The molecular formula is C22H25N3O2S. The summed E-state index contributed by atoms with van der Waals surface area (Å²) in [5.41, 5.74) is 1.78. The van der Waals surface area contributed by atoms with Crippen molar-refractivity contribution in [3.63, 3.8) is 0 Å². The molecule has 5 nitrogen and oxygen atoms in total. The largest absolute Gasteiger partial charge is 0.336 e. The predicted molar refractivity (Wildman–Crippen MR) is 113 cm³/mol. The lowest BCUT2D eigenvalue weighted by Crippen LogP contribution is -2.56. The van der Waals surface area contributed by atoms with Crippen molar-refractivity contribution in [2.24, 2.45) is 0 Å². The van der Waals surface area contributed by atoms with Crippen LogP contribution in [0.3, 0.4) is 0 Å². The first kappa shape index (κ1) is 18.7. The molecule has 0 bridgehead atoms. The Balaban J connectivity index is 1.45. The van der Waals surface area contributed by atoms with Gasteiger partial charge in [0.25, 0.3) is 5.91 Å². The number of hydrogen-bond acceptors (Lipinski definition) is 3. The number of aryl methyl sites for hydroxylation is 1. The maximum absolute atomic E-state index is 13.2. The van der Waals surface area contributed by atoms with Crippen LogP contribution in [0.5, 0.6) is 0 Å². The average Bonchev–Trinajstić information content (AvgIpc) is 3.29. The number of amides is 2. The third-order valence-corrected chi connectivity index (χ3v) is 6.42. The first-order valence-electron chi connectivity index (χ1n) is 9.78. The van der Waals surface area contributed by atoms with E-state index in [-0.39, 0.29) is 17.9 Å². The summed E-state index contributed by atoms with van der Waals surface area (Å²) in [6.45, 7) is 6.60. The molecular weight excluding hydrogens is 370 g/mol. The van der Waals surface area contributed by atoms with Gasteiger partial charge < -0.3 is 14.4 Å². The van der Waals surface area contributed by atoms with Gasteiger partial charge in [0.2, 0.25) is 5.91 Å². The van der Waals surface area contributed by atoms with Crippen LogP contribution in [0.15, 0.2) is 47.8 Å². The second kappa shape index (κ2) is 7.80. The fourth-order valence-corrected chi connectivity index (χ4v) is 4.97. The smallest absolute Gasteiger partial charge is 0.270 e. The molecule has 1 atom stereocenters. The monoisotopic (exact) mass is 395 g/mol. The fraction of sp³-hybridized carbons (Fsp3) is 0.364. The van der Waals surface area contributed by atoms with Crippen molar-refractivity contribution in [2.45, 2.75) is 32.9 Å². The Morgan fingerprint density at radius 3 is 2.64 bits per heavy atom. The van der Waals surface area contributed by atoms with Crippen molar-refractivity contribution in [2.75, 3.05) is 19.6 Å². The van der Waals surface area contributed by atoms with Crippen LogP contribution in [-0.2, 0) is 17.8 Å². The van der Waals surface area contributed by atoms with Gasteiger partial charge in [-0.1, -0.05) is 30.3 Å². The van der Waals surface area contributed by atoms with E-state index in [1.807, 2.05) is 53.1 Å². The standard InChI is InChI=1S/C22H25N3O2S/c1-3-24-19(14-18-9-12-28-22(18)24)21(27)23-10-11-25(16(2)15-23)20(26)13-17-7-5-4-6-8-17/h4-9,12,14,16H,3,10-11,13,15H2,1-2H3/t16-/m1/s1. The lowest BCUT2D eigenvalue weighted by molar-refractivity contribution is -0.134. The minimum Gasteiger partial charge on any atom is -0.336 e. The number of hydrogen-bond donors (Lipinski definition) is 0. The highest BCUT2D eigenvalue weighted by Crippen LogP contribution is 2.26. The number of carbonyl (C=O) groups excluding carboxylic acids is 2. The minimum atomic E-state index is 0.0140. The molecule has 0 N–H and O–H groups in total. The molecule has 2 aromatic heterocycles. The number of nitrogens with zero attached hydrogens (tertiary/aromatic N) is 3. The van der Waals surface area contributed by atoms with Gasteiger partial charge in [-0.25, -0.2) is 0 Å². The minimum absolute atomic E-state index is 0.0140. The number of benzene rings is 1. The number of rotatable bonds is 4. The highest BCUT2D eigenvalue weighted by Gasteiger charge is 2.31. The van der Waals surface area contributed by atoms with E-state index in [4.69, 9.17) is 0 Å². The van der Waals surface area contributed by atoms with Gasteiger partial charge in [0.1, 0.15) is 10.5 Å². The van der Waals surface area contributed by atoms with Crippen LogP contribution >= 0.6 is 11.3 Å². The summed E-state index contributed by atoms with van der Waals surface area (Å²) in [5, 5.41) is 3.18. The molecule has 1 aromatic carbocycles. The topological polar surface area (TPSA) is 45.6 Å². The first-order chi connectivity index (χ1) is 13.6. The van der Waals surface area contributed by atoms with Crippen LogP contribution in [0, 0.1) is 0 Å². The normalized spacial score (nSPS) is 17.3. The molecule has 0 radical (unpaired) electrons. The average molecular weight is 396 g/mol. The molecule has 1 fully saturated rings. The second-order valence-corrected chi connectivity index (χ2v) is 8.20. The second-order valence-electron chi connectivity index (χ2n) is 7.30. The van der Waals surface area contributed by atoms with Crippen LogP contribution in [0.2, 0.25) is 0 Å². The molecule has 4 rings (SSSR count). The van der Waals surface area contributed by atoms with E-state index in [1.165, 1.54) is 0 Å². The summed E-state index contributed by atoms with van der Waals surface area (Å²) >= 11 is 1.67. The van der Waals surface area contributed by atoms with E-state index in [2.05, 4.69) is 22.9 Å². The predicted octanol–water partition coefficient (Wildman–Crippen LogP) is 3.64. The van der Waals surface area contributed by atoms with Crippen molar-refractivity contribution < 1.29 is 9.59 Å². The van der Waals surface area contributed by atoms with E-state index in [1.54, 1.807) is 11.3 Å². The van der Waals surface area contributed by atoms with Gasteiger partial charge in [-0.2, -0.15) is 0 Å². The number of fused-ring (bicyclic) bond motifs is 1.